The fraction of sp³-hybridized carbons (Fsp3) is 0.718. The number of urea groups is 1. The van der Waals surface area contributed by atoms with Crippen molar-refractivity contribution < 1.29 is 47.7 Å². The second kappa shape index (κ2) is 18.8. The molecule has 1 aromatic carbocycles. The van der Waals surface area contributed by atoms with Crippen LogP contribution in [0.15, 0.2) is 24.3 Å². The highest BCUT2D eigenvalue weighted by Crippen LogP contribution is 2.23. The minimum absolute atomic E-state index is 0.0600. The number of benzene rings is 1. The SMILES string of the molecule is COCCN(C[C@@H](CNC(=O)[C@@H]1CCCN1C(=O)OC(C)(C)C)C(=O)OC(C)(C)C)C(=O)N[C@@H](Cc1ccc(OC(C)(C)C)cc1)C(=O)OC(C)(C)C. The second-order valence-electron chi connectivity index (χ2n) is 17.3. The summed E-state index contributed by atoms with van der Waals surface area (Å²) in [5, 5.41) is 5.63. The van der Waals surface area contributed by atoms with E-state index in [1.54, 1.807) is 74.4 Å². The molecule has 1 saturated heterocycles. The van der Waals surface area contributed by atoms with E-state index in [0.717, 1.165) is 5.56 Å². The second-order valence-corrected chi connectivity index (χ2v) is 17.3. The molecule has 0 saturated carbocycles. The molecule has 1 heterocycles. The molecule has 4 amide bonds. The predicted octanol–water partition coefficient (Wildman–Crippen LogP) is 5.25. The standard InChI is InChI=1S/C39H64N4O10/c1-36(2,3)50-28-18-16-26(17-19-28)23-29(33(46)52-38(7,8)9)41-34(47)42(21-22-49-13)25-27(32(45)51-37(4,5)6)24-40-31(44)30-15-14-20-43(30)35(48)53-39(10,11)12/h16-19,27,29-30H,14-15,20-25H2,1-13H3,(H,40,44)(H,41,47)/t27-,29+,30+/m1/s1. The van der Waals surface area contributed by atoms with Gasteiger partial charge in [0.2, 0.25) is 5.91 Å². The smallest absolute Gasteiger partial charge is 0.410 e. The maximum Gasteiger partial charge on any atom is 0.410 e. The number of ether oxygens (including phenoxy) is 5. The predicted molar refractivity (Wildman–Crippen MR) is 200 cm³/mol. The molecule has 1 aliphatic heterocycles. The number of hydrogen-bond donors (Lipinski definition) is 2. The maximum absolute atomic E-state index is 14.0. The van der Waals surface area contributed by atoms with Crippen LogP contribution >= 0.6 is 0 Å². The first-order chi connectivity index (χ1) is 24.3. The number of amides is 4. The third kappa shape index (κ3) is 17.1. The number of carbonyl (C=O) groups is 5. The summed E-state index contributed by atoms with van der Waals surface area (Å²) in [6, 6.07) is 4.75. The summed E-state index contributed by atoms with van der Waals surface area (Å²) in [6.07, 6.45) is 0.583. The van der Waals surface area contributed by atoms with E-state index in [0.29, 0.717) is 25.1 Å². The quantitative estimate of drug-likeness (QED) is 0.190. The molecule has 0 spiro atoms. The largest absolute Gasteiger partial charge is 0.488 e. The number of likely N-dealkylation sites (tertiary alicyclic amines) is 1. The van der Waals surface area contributed by atoms with E-state index in [2.05, 4.69) is 10.6 Å². The van der Waals surface area contributed by atoms with Crippen molar-refractivity contribution in [3.8, 4) is 5.75 Å². The Morgan fingerprint density at radius 3 is 1.91 bits per heavy atom. The maximum atomic E-state index is 14.0. The molecule has 14 heteroatoms. The zero-order valence-electron chi connectivity index (χ0n) is 34.2. The number of rotatable bonds is 14. The number of nitrogens with one attached hydrogen (secondary N) is 2. The van der Waals surface area contributed by atoms with Crippen LogP contribution in [0.2, 0.25) is 0 Å². The van der Waals surface area contributed by atoms with E-state index in [-0.39, 0.29) is 32.7 Å². The van der Waals surface area contributed by atoms with Gasteiger partial charge in [0.25, 0.3) is 0 Å². The van der Waals surface area contributed by atoms with Crippen LogP contribution in [0.4, 0.5) is 9.59 Å². The number of hydrogen-bond acceptors (Lipinski definition) is 10. The summed E-state index contributed by atoms with van der Waals surface area (Å²) in [4.78, 5) is 70.0. The van der Waals surface area contributed by atoms with Gasteiger partial charge in [-0.25, -0.2) is 14.4 Å². The highest BCUT2D eigenvalue weighted by Gasteiger charge is 2.38. The van der Waals surface area contributed by atoms with Crippen molar-refractivity contribution in [2.75, 3.05) is 39.9 Å². The first-order valence-corrected chi connectivity index (χ1v) is 18.3. The zero-order valence-corrected chi connectivity index (χ0v) is 34.2. The van der Waals surface area contributed by atoms with Crippen molar-refractivity contribution in [2.24, 2.45) is 5.92 Å². The lowest BCUT2D eigenvalue weighted by Gasteiger charge is -2.31. The van der Waals surface area contributed by atoms with Crippen LogP contribution < -0.4 is 15.4 Å². The summed E-state index contributed by atoms with van der Waals surface area (Å²) >= 11 is 0. The Morgan fingerprint density at radius 2 is 1.38 bits per heavy atom. The molecular weight excluding hydrogens is 684 g/mol. The number of carbonyl (C=O) groups excluding carboxylic acids is 5. The van der Waals surface area contributed by atoms with Crippen molar-refractivity contribution in [3.63, 3.8) is 0 Å². The van der Waals surface area contributed by atoms with Gasteiger partial charge in [-0.15, -0.1) is 0 Å². The van der Waals surface area contributed by atoms with Gasteiger partial charge < -0.3 is 39.2 Å². The van der Waals surface area contributed by atoms with Gasteiger partial charge in [-0.05, 0) is 114 Å². The van der Waals surface area contributed by atoms with Gasteiger partial charge in [-0.3, -0.25) is 14.5 Å². The van der Waals surface area contributed by atoms with Crippen LogP contribution in [0.5, 0.6) is 5.75 Å². The first-order valence-electron chi connectivity index (χ1n) is 18.3. The van der Waals surface area contributed by atoms with Crippen molar-refractivity contribution in [3.05, 3.63) is 29.8 Å². The van der Waals surface area contributed by atoms with E-state index in [1.807, 2.05) is 32.9 Å². The third-order valence-corrected chi connectivity index (χ3v) is 7.52. The summed E-state index contributed by atoms with van der Waals surface area (Å²) in [5.74, 6) is -2.05. The molecule has 1 aliphatic rings. The third-order valence-electron chi connectivity index (χ3n) is 7.52. The normalized spacial score (nSPS) is 16.2. The fourth-order valence-corrected chi connectivity index (χ4v) is 5.36. The van der Waals surface area contributed by atoms with E-state index in [1.165, 1.54) is 16.9 Å². The van der Waals surface area contributed by atoms with Crippen molar-refractivity contribution in [1.29, 1.82) is 0 Å². The molecule has 14 nitrogen and oxygen atoms in total. The minimum atomic E-state index is -1.08. The zero-order chi connectivity index (χ0) is 40.4. The molecule has 0 bridgehead atoms. The lowest BCUT2D eigenvalue weighted by atomic mass is 10.0. The Balaban J connectivity index is 2.33. The summed E-state index contributed by atoms with van der Waals surface area (Å²) in [5.41, 5.74) is -2.04. The minimum Gasteiger partial charge on any atom is -0.488 e. The monoisotopic (exact) mass is 748 g/mol. The summed E-state index contributed by atoms with van der Waals surface area (Å²) < 4.78 is 28.1. The molecule has 2 N–H and O–H groups in total. The van der Waals surface area contributed by atoms with Gasteiger partial charge in [0.05, 0.1) is 12.5 Å². The Bertz CT molecular complexity index is 1390. The van der Waals surface area contributed by atoms with Crippen LogP contribution in [-0.2, 0) is 39.8 Å². The highest BCUT2D eigenvalue weighted by molar-refractivity contribution is 5.87. The summed E-state index contributed by atoms with van der Waals surface area (Å²) in [7, 11) is 1.48. The molecule has 53 heavy (non-hydrogen) atoms. The highest BCUT2D eigenvalue weighted by atomic mass is 16.6. The van der Waals surface area contributed by atoms with Crippen molar-refractivity contribution in [2.45, 2.75) is 137 Å². The molecule has 3 atom stereocenters. The molecule has 300 valence electrons. The average Bonchev–Trinajstić information content (AvgIpc) is 3.48. The van der Waals surface area contributed by atoms with E-state index in [4.69, 9.17) is 23.7 Å². The van der Waals surface area contributed by atoms with Crippen molar-refractivity contribution in [1.82, 2.24) is 20.4 Å². The molecule has 0 aromatic heterocycles. The average molecular weight is 749 g/mol. The molecule has 1 aromatic rings. The number of nitrogens with zero attached hydrogens (tertiary/aromatic N) is 2. The van der Waals surface area contributed by atoms with E-state index in [9.17, 15) is 24.0 Å². The van der Waals surface area contributed by atoms with Gasteiger partial charge in [0, 0.05) is 39.7 Å². The molecular formula is C39H64N4O10. The van der Waals surface area contributed by atoms with Crippen molar-refractivity contribution >= 4 is 30.0 Å². The molecule has 0 aliphatic carbocycles. The van der Waals surface area contributed by atoms with E-state index < -0.39 is 70.4 Å². The van der Waals surface area contributed by atoms with Crippen LogP contribution in [0.25, 0.3) is 0 Å². The Kier molecular flexibility index (Phi) is 16.0. The Morgan fingerprint density at radius 1 is 0.811 bits per heavy atom. The number of methoxy groups -OCH3 is 1. The van der Waals surface area contributed by atoms with Gasteiger partial charge in [0.1, 0.15) is 40.2 Å². The lowest BCUT2D eigenvalue weighted by molar-refractivity contribution is -0.161. The van der Waals surface area contributed by atoms with Crippen LogP contribution in [0, 0.1) is 5.92 Å². The van der Waals surface area contributed by atoms with Crippen LogP contribution in [-0.4, -0.2) is 114 Å². The van der Waals surface area contributed by atoms with Gasteiger partial charge in [0.15, 0.2) is 0 Å². The number of esters is 2. The first kappa shape index (κ1) is 45.1. The van der Waals surface area contributed by atoms with Crippen LogP contribution in [0.1, 0.15) is 101 Å². The van der Waals surface area contributed by atoms with Gasteiger partial charge in [-0.1, -0.05) is 12.1 Å². The van der Waals surface area contributed by atoms with E-state index >= 15 is 0 Å². The molecule has 0 radical (unpaired) electrons. The van der Waals surface area contributed by atoms with Gasteiger partial charge in [-0.2, -0.15) is 0 Å². The van der Waals surface area contributed by atoms with Crippen LogP contribution in [0.3, 0.4) is 0 Å². The lowest BCUT2D eigenvalue weighted by Crippen LogP contribution is -2.54. The summed E-state index contributed by atoms with van der Waals surface area (Å²) in [6.45, 7) is 21.7. The Hall–Kier alpha value is -4.07. The molecule has 0 unspecified atom stereocenters. The Labute approximate surface area is 315 Å². The molecule has 2 rings (SSSR count). The molecule has 1 fully saturated rings. The topological polar surface area (TPSA) is 162 Å². The van der Waals surface area contributed by atoms with Gasteiger partial charge >= 0.3 is 24.1 Å². The fourth-order valence-electron chi connectivity index (χ4n) is 5.36.